The van der Waals surface area contributed by atoms with Gasteiger partial charge in [0.05, 0.1) is 9.98 Å². The molecule has 0 saturated heterocycles. The van der Waals surface area contributed by atoms with Gasteiger partial charge in [-0.1, -0.05) is 11.3 Å². The molecule has 0 spiro atoms. The molecule has 52 valence electrons. The Hall–Kier alpha value is -0.355. The van der Waals surface area contributed by atoms with Crippen LogP contribution in [0.5, 0.6) is 0 Å². The smallest absolute Gasteiger partial charge is 0.216 e. The van der Waals surface area contributed by atoms with Crippen molar-refractivity contribution in [3.63, 3.8) is 0 Å². The van der Waals surface area contributed by atoms with Crippen molar-refractivity contribution in [3.05, 3.63) is 9.98 Å². The van der Waals surface area contributed by atoms with Gasteiger partial charge in [-0.3, -0.25) is 4.79 Å². The van der Waals surface area contributed by atoms with Gasteiger partial charge < -0.3 is 5.32 Å². The molecule has 0 aromatic carbocycles. The molecule has 10 heavy (non-hydrogen) atoms. The normalized spacial score (nSPS) is 9.30. The van der Waals surface area contributed by atoms with Crippen LogP contribution in [0.1, 0.15) is 0 Å². The van der Waals surface area contributed by atoms with E-state index in [2.05, 4.69) is 26.2 Å². The zero-order valence-corrected chi connectivity index (χ0v) is 7.62. The molecule has 0 aliphatic heterocycles. The summed E-state index contributed by atoms with van der Waals surface area (Å²) in [5, 5.41) is 3.19. The fraction of sp³-hybridized carbons (Fsp3) is 0. The van der Waals surface area contributed by atoms with Gasteiger partial charge in [-0.05, 0) is 15.9 Å². The van der Waals surface area contributed by atoms with Gasteiger partial charge in [-0.2, -0.15) is 0 Å². The van der Waals surface area contributed by atoms with Crippen molar-refractivity contribution >= 4 is 46.1 Å². The predicted octanol–water partition coefficient (Wildman–Crippen LogP) is 1.07. The maximum Gasteiger partial charge on any atom is 0.216 e. The number of thiazole rings is 1. The lowest BCUT2D eigenvalue weighted by Crippen LogP contribution is -2.07. The molecular formula is C4H4BBrN2OS. The van der Waals surface area contributed by atoms with Crippen LogP contribution in [0.4, 0.5) is 9.93 Å². The van der Waals surface area contributed by atoms with E-state index in [-0.39, 0.29) is 5.81 Å². The van der Waals surface area contributed by atoms with E-state index >= 15 is 0 Å². The molecule has 0 atom stereocenters. The lowest BCUT2D eigenvalue weighted by Gasteiger charge is -1.91. The highest BCUT2D eigenvalue weighted by atomic mass is 79.9. The molecule has 1 N–H and O–H groups in total. The van der Waals surface area contributed by atoms with Gasteiger partial charge in [-0.15, -0.1) is 0 Å². The zero-order chi connectivity index (χ0) is 7.56. The average molecular weight is 219 g/mol. The Labute approximate surface area is 71.4 Å². The Morgan fingerprint density at radius 3 is 3.00 bits per heavy atom. The predicted molar refractivity (Wildman–Crippen MR) is 47.4 cm³/mol. The van der Waals surface area contributed by atoms with Crippen LogP contribution in [-0.2, 0) is 0 Å². The van der Waals surface area contributed by atoms with Crippen molar-refractivity contribution in [2.24, 2.45) is 0 Å². The molecule has 0 fully saturated rings. The maximum atomic E-state index is 10.5. The summed E-state index contributed by atoms with van der Waals surface area (Å²) < 4.78 is 0.913. The van der Waals surface area contributed by atoms with Gasteiger partial charge in [0.2, 0.25) is 7.85 Å². The first-order valence-corrected chi connectivity index (χ1v) is 4.18. The third kappa shape index (κ3) is 2.11. The molecule has 1 aromatic rings. The van der Waals surface area contributed by atoms with Gasteiger partial charge in [0.25, 0.3) is 0 Å². The topological polar surface area (TPSA) is 42.0 Å². The number of amides is 1. The van der Waals surface area contributed by atoms with Crippen molar-refractivity contribution in [2.45, 2.75) is 0 Å². The summed E-state index contributed by atoms with van der Waals surface area (Å²) in [5.74, 6) is -0.0955. The Kier molecular flexibility index (Phi) is 2.45. The minimum absolute atomic E-state index is 0.0955. The fourth-order valence-electron chi connectivity index (χ4n) is 0.463. The number of hydrogen-bond acceptors (Lipinski definition) is 3. The van der Waals surface area contributed by atoms with Gasteiger partial charge in [-0.25, -0.2) is 4.98 Å². The molecule has 1 rings (SSSR count). The molecule has 1 aromatic heterocycles. The molecule has 0 bridgehead atoms. The summed E-state index contributed by atoms with van der Waals surface area (Å²) in [6.07, 6.45) is 1.65. The maximum absolute atomic E-state index is 10.5. The summed E-state index contributed by atoms with van der Waals surface area (Å²) in [4.78, 5) is 14.4. The van der Waals surface area contributed by atoms with Crippen molar-refractivity contribution in [3.8, 4) is 0 Å². The second kappa shape index (κ2) is 3.16. The number of aromatic nitrogens is 1. The average Bonchev–Trinajstić information content (AvgIpc) is 2.13. The molecule has 0 aliphatic rings. The number of carbonyl (C=O) groups excluding carboxylic acids is 1. The second-order valence-corrected chi connectivity index (χ2v) is 4.06. The Morgan fingerprint density at radius 1 is 1.90 bits per heavy atom. The summed E-state index contributed by atoms with van der Waals surface area (Å²) in [5.41, 5.74) is 0. The van der Waals surface area contributed by atoms with Gasteiger partial charge >= 0.3 is 0 Å². The molecule has 1 amide bonds. The Bertz CT molecular complexity index is 251. The summed E-state index contributed by atoms with van der Waals surface area (Å²) in [6.45, 7) is 0. The molecule has 0 radical (unpaired) electrons. The van der Waals surface area contributed by atoms with Crippen LogP contribution in [0, 0.1) is 0 Å². The van der Waals surface area contributed by atoms with E-state index in [1.54, 1.807) is 6.20 Å². The highest BCUT2D eigenvalue weighted by molar-refractivity contribution is 9.11. The van der Waals surface area contributed by atoms with Crippen molar-refractivity contribution in [2.75, 3.05) is 5.32 Å². The minimum atomic E-state index is -0.0955. The van der Waals surface area contributed by atoms with Crippen LogP contribution >= 0.6 is 27.3 Å². The molecule has 1 heterocycles. The minimum Gasteiger partial charge on any atom is -0.311 e. The molecule has 6 heteroatoms. The number of nitrogens with zero attached hydrogens (tertiary/aromatic N) is 1. The number of anilines is 1. The number of carbonyl (C=O) groups is 1. The lowest BCUT2D eigenvalue weighted by atomic mass is 10.1. The molecular weight excluding hydrogens is 215 g/mol. The number of halogens is 1. The summed E-state index contributed by atoms with van der Waals surface area (Å²) in [6, 6.07) is 0. The largest absolute Gasteiger partial charge is 0.311 e. The molecule has 0 unspecified atom stereocenters. The third-order valence-corrected chi connectivity index (χ3v) is 2.15. The first-order valence-electron chi connectivity index (χ1n) is 2.57. The summed E-state index contributed by atoms with van der Waals surface area (Å²) >= 11 is 4.62. The Balaban J connectivity index is 2.67. The van der Waals surface area contributed by atoms with Gasteiger partial charge in [0, 0.05) is 0 Å². The van der Waals surface area contributed by atoms with Crippen LogP contribution in [0.15, 0.2) is 9.98 Å². The van der Waals surface area contributed by atoms with E-state index in [9.17, 15) is 4.79 Å². The van der Waals surface area contributed by atoms with E-state index in [1.807, 2.05) is 0 Å². The van der Waals surface area contributed by atoms with Crippen LogP contribution in [0.2, 0.25) is 0 Å². The standard InChI is InChI=1S/C4H4BBrN2OS/c5-3(9)8-4-7-1-2(6)10-4/h1H,5H2,(H,7,8,9). The first-order chi connectivity index (χ1) is 4.68. The van der Waals surface area contributed by atoms with Crippen LogP contribution in [0.3, 0.4) is 0 Å². The van der Waals surface area contributed by atoms with E-state index in [0.29, 0.717) is 5.13 Å². The van der Waals surface area contributed by atoms with Crippen LogP contribution in [-0.4, -0.2) is 18.6 Å². The number of hydrogen-bond donors (Lipinski definition) is 1. The van der Waals surface area contributed by atoms with Crippen LogP contribution < -0.4 is 5.32 Å². The van der Waals surface area contributed by atoms with E-state index in [1.165, 1.54) is 19.2 Å². The fourth-order valence-corrected chi connectivity index (χ4v) is 1.62. The second-order valence-electron chi connectivity index (χ2n) is 1.65. The van der Waals surface area contributed by atoms with Gasteiger partial charge in [0.15, 0.2) is 10.9 Å². The monoisotopic (exact) mass is 218 g/mol. The van der Waals surface area contributed by atoms with Crippen molar-refractivity contribution in [1.29, 1.82) is 0 Å². The van der Waals surface area contributed by atoms with E-state index in [4.69, 9.17) is 0 Å². The number of rotatable bonds is 1. The number of nitrogens with one attached hydrogen (secondary N) is 1. The lowest BCUT2D eigenvalue weighted by molar-refractivity contribution is 0.269. The van der Waals surface area contributed by atoms with Crippen LogP contribution in [0.25, 0.3) is 0 Å². The van der Waals surface area contributed by atoms with Crippen molar-refractivity contribution < 1.29 is 4.79 Å². The van der Waals surface area contributed by atoms with E-state index < -0.39 is 0 Å². The SMILES string of the molecule is BC(=O)Nc1ncc(Br)s1. The first kappa shape index (κ1) is 7.75. The van der Waals surface area contributed by atoms with Gasteiger partial charge in [0.1, 0.15) is 0 Å². The Morgan fingerprint density at radius 2 is 2.60 bits per heavy atom. The molecule has 3 nitrogen and oxygen atoms in total. The van der Waals surface area contributed by atoms with E-state index in [0.717, 1.165) is 3.79 Å². The highest BCUT2D eigenvalue weighted by Crippen LogP contribution is 2.22. The summed E-state index contributed by atoms with van der Waals surface area (Å²) in [7, 11) is 1.45. The highest BCUT2D eigenvalue weighted by Gasteiger charge is 1.98. The van der Waals surface area contributed by atoms with Crippen molar-refractivity contribution in [1.82, 2.24) is 4.98 Å². The zero-order valence-electron chi connectivity index (χ0n) is 5.22. The molecule has 0 saturated carbocycles. The third-order valence-electron chi connectivity index (χ3n) is 0.760. The quantitative estimate of drug-likeness (QED) is 0.717. The molecule has 0 aliphatic carbocycles.